The van der Waals surface area contributed by atoms with Crippen LogP contribution >= 0.6 is 11.3 Å². The van der Waals surface area contributed by atoms with Gasteiger partial charge in [-0.05, 0) is 164 Å². The number of thiophene rings is 1. The van der Waals surface area contributed by atoms with Crippen LogP contribution in [0.5, 0.6) is 0 Å². The van der Waals surface area contributed by atoms with E-state index in [9.17, 15) is 0 Å². The number of rotatable bonds is 4. The normalized spacial score (nSPS) is 11.9. The second-order valence-electron chi connectivity index (χ2n) is 33.1. The molecule has 600 valence electrons. The lowest BCUT2D eigenvalue weighted by Crippen LogP contribution is -1.95. The number of hydrogen-bond donors (Lipinski definition) is 0. The first-order chi connectivity index (χ1) is 62.8. The molecule has 19 aromatic carbocycles. The molecule has 0 amide bonds. The van der Waals surface area contributed by atoms with Gasteiger partial charge in [0, 0.05) is 189 Å². The van der Waals surface area contributed by atoms with Crippen LogP contribution in [-0.4, -0.2) is 32.0 Å². The van der Waals surface area contributed by atoms with Crippen molar-refractivity contribution in [2.75, 3.05) is 0 Å². The third-order valence-corrected chi connectivity index (χ3v) is 27.4. The maximum atomic E-state index is 6.13. The van der Waals surface area contributed by atoms with Gasteiger partial charge in [-0.2, -0.15) is 0 Å². The van der Waals surface area contributed by atoms with Gasteiger partial charge in [-0.1, -0.05) is 261 Å². The zero-order valence-corrected chi connectivity index (χ0v) is 70.6. The summed E-state index contributed by atoms with van der Waals surface area (Å²) in [5, 5.41) is 25.5. The number of nitrogens with zero attached hydrogens (tertiary/aromatic N) is 7. The summed E-state index contributed by atoms with van der Waals surface area (Å²) in [6.45, 7) is 0. The second kappa shape index (κ2) is 29.4. The van der Waals surface area contributed by atoms with Crippen molar-refractivity contribution in [1.82, 2.24) is 32.0 Å². The Balaban J connectivity index is 0.0000000870. The van der Waals surface area contributed by atoms with E-state index in [-0.39, 0.29) is 0 Å². The Kier molecular flexibility index (Phi) is 17.0. The minimum Gasteiger partial charge on any atom is -0.456 e. The lowest BCUT2D eigenvalue weighted by molar-refractivity contribution is 0.669. The fourth-order valence-corrected chi connectivity index (χ4v) is 21.7. The van der Waals surface area contributed by atoms with Crippen LogP contribution in [-0.2, 0) is 21.1 Å². The van der Waals surface area contributed by atoms with Crippen molar-refractivity contribution in [3.63, 3.8) is 0 Å². The molecule has 10 aromatic heterocycles. The maximum Gasteiger partial charge on any atom is 0.137 e. The number of hydrogen-bond acceptors (Lipinski definition) is 3. The molecular formula is C117H79N7O2S. The molecule has 29 rings (SSSR count). The zero-order valence-electron chi connectivity index (χ0n) is 69.8. The van der Waals surface area contributed by atoms with Crippen molar-refractivity contribution in [2.45, 2.75) is 0 Å². The number of para-hydroxylation sites is 13. The molecule has 0 fully saturated rings. The van der Waals surface area contributed by atoms with E-state index in [4.69, 9.17) is 8.83 Å². The van der Waals surface area contributed by atoms with Crippen molar-refractivity contribution in [1.29, 1.82) is 0 Å². The third kappa shape index (κ3) is 11.5. The van der Waals surface area contributed by atoms with Crippen LogP contribution in [0.2, 0.25) is 0 Å². The van der Waals surface area contributed by atoms with Gasteiger partial charge in [0.15, 0.2) is 0 Å². The highest BCUT2D eigenvalue weighted by atomic mass is 32.1. The molecule has 10 heterocycles. The van der Waals surface area contributed by atoms with Crippen LogP contribution in [0.1, 0.15) is 0 Å². The smallest absolute Gasteiger partial charge is 0.137 e. The van der Waals surface area contributed by atoms with Crippen LogP contribution in [0.4, 0.5) is 0 Å². The van der Waals surface area contributed by atoms with E-state index in [2.05, 4.69) is 453 Å². The van der Waals surface area contributed by atoms with Crippen LogP contribution in [0.3, 0.4) is 0 Å². The molecule has 0 radical (unpaired) electrons. The van der Waals surface area contributed by atoms with Gasteiger partial charge in [-0.25, -0.2) is 0 Å². The molecule has 0 atom stereocenters. The Morgan fingerprint density at radius 1 is 0.165 bits per heavy atom. The fraction of sp³-hybridized carbons (Fsp3) is 0.0256. The highest BCUT2D eigenvalue weighted by Gasteiger charge is 2.24. The Bertz CT molecular complexity index is 9270. The zero-order chi connectivity index (χ0) is 84.1. The SMILES string of the molecule is Cn1c2ccccc2c2cc3c(cc21)c1ccccc1n3-c1ccccc1.Cn1c2ccccc2c2cc3oc4ccccc4c3cc21.Cn1c2ccccc2c2cc3sc4ccccc4c3cc21.c1ccc(-n2c3ccccc3c3c2ccc2c4ccccc4n(-c4ccccc4)c23)cc1.c1ccc(-n2c3ccccc3c3ccc4oc5ccccc5c4c32)cc1. The number of aryl methyl sites for hydroxylation is 3. The van der Waals surface area contributed by atoms with E-state index < -0.39 is 0 Å². The molecule has 29 aromatic rings. The average molecular weight is 1650 g/mol. The van der Waals surface area contributed by atoms with E-state index in [0.717, 1.165) is 33.4 Å². The summed E-state index contributed by atoms with van der Waals surface area (Å²) >= 11 is 1.89. The molecular weight excluding hydrogens is 1570 g/mol. The van der Waals surface area contributed by atoms with Gasteiger partial charge in [-0.3, -0.25) is 0 Å². The molecule has 0 spiro atoms. The van der Waals surface area contributed by atoms with Crippen molar-refractivity contribution in [3.8, 4) is 22.7 Å². The van der Waals surface area contributed by atoms with Crippen molar-refractivity contribution in [3.05, 3.63) is 425 Å². The van der Waals surface area contributed by atoms with E-state index in [1.54, 1.807) is 0 Å². The second-order valence-corrected chi connectivity index (χ2v) is 34.2. The van der Waals surface area contributed by atoms with Gasteiger partial charge < -0.3 is 40.8 Å². The molecule has 0 N–H and O–H groups in total. The number of aromatic nitrogens is 7. The van der Waals surface area contributed by atoms with Crippen molar-refractivity contribution in [2.24, 2.45) is 21.1 Å². The van der Waals surface area contributed by atoms with Crippen LogP contribution < -0.4 is 0 Å². The monoisotopic (exact) mass is 1650 g/mol. The van der Waals surface area contributed by atoms with Crippen LogP contribution in [0, 0.1) is 0 Å². The van der Waals surface area contributed by atoms with E-state index in [1.807, 2.05) is 35.6 Å². The molecule has 0 saturated carbocycles. The topological polar surface area (TPSA) is 60.8 Å². The van der Waals surface area contributed by atoms with Crippen LogP contribution in [0.15, 0.2) is 433 Å². The quantitative estimate of drug-likeness (QED) is 0.176. The van der Waals surface area contributed by atoms with Crippen molar-refractivity contribution >= 4 is 228 Å². The molecule has 127 heavy (non-hydrogen) atoms. The molecule has 0 saturated heterocycles. The highest BCUT2D eigenvalue weighted by molar-refractivity contribution is 7.25. The lowest BCUT2D eigenvalue weighted by Gasteiger charge is -2.09. The summed E-state index contributed by atoms with van der Waals surface area (Å²) in [5.74, 6) is 0. The minimum absolute atomic E-state index is 0.929. The highest BCUT2D eigenvalue weighted by Crippen LogP contribution is 2.47. The van der Waals surface area contributed by atoms with Crippen molar-refractivity contribution < 1.29 is 8.83 Å². The van der Waals surface area contributed by atoms with E-state index in [0.29, 0.717) is 0 Å². The Morgan fingerprint density at radius 3 is 1.01 bits per heavy atom. The molecule has 0 aliphatic carbocycles. The predicted octanol–water partition coefficient (Wildman–Crippen LogP) is 31.9. The summed E-state index contributed by atoms with van der Waals surface area (Å²) in [6.07, 6.45) is 0. The molecule has 0 unspecified atom stereocenters. The Hall–Kier alpha value is -16.4. The molecule has 0 aliphatic heterocycles. The summed E-state index contributed by atoms with van der Waals surface area (Å²) in [5.41, 5.74) is 26.0. The number of fused-ring (bicyclic) bond motifs is 32. The maximum absolute atomic E-state index is 6.13. The summed E-state index contributed by atoms with van der Waals surface area (Å²) < 4.78 is 31.3. The first-order valence-electron chi connectivity index (χ1n) is 43.3. The summed E-state index contributed by atoms with van der Waals surface area (Å²) in [7, 11) is 6.44. The lowest BCUT2D eigenvalue weighted by atomic mass is 10.1. The Labute approximate surface area is 732 Å². The summed E-state index contributed by atoms with van der Waals surface area (Å²) in [6, 6.07) is 151. The molecule has 0 aliphatic rings. The molecule has 9 nitrogen and oxygen atoms in total. The Morgan fingerprint density at radius 2 is 0.488 bits per heavy atom. The van der Waals surface area contributed by atoms with E-state index >= 15 is 0 Å². The third-order valence-electron chi connectivity index (χ3n) is 26.2. The number of benzene rings is 19. The van der Waals surface area contributed by atoms with Gasteiger partial charge in [0.1, 0.15) is 22.3 Å². The van der Waals surface area contributed by atoms with Gasteiger partial charge in [-0.15, -0.1) is 11.3 Å². The van der Waals surface area contributed by atoms with Gasteiger partial charge >= 0.3 is 0 Å². The van der Waals surface area contributed by atoms with Gasteiger partial charge in [0.25, 0.3) is 0 Å². The molecule has 0 bridgehead atoms. The minimum atomic E-state index is 0.929. The first kappa shape index (κ1) is 73.3. The van der Waals surface area contributed by atoms with Crippen LogP contribution in [0.25, 0.3) is 239 Å². The average Bonchev–Trinajstić information content (AvgIpc) is 1.51. The predicted molar refractivity (Wildman–Crippen MR) is 539 cm³/mol. The first-order valence-corrected chi connectivity index (χ1v) is 44.1. The van der Waals surface area contributed by atoms with E-state index in [1.165, 1.54) is 206 Å². The summed E-state index contributed by atoms with van der Waals surface area (Å²) in [4.78, 5) is 0. The standard InChI is InChI=1S/C30H20N2.C25H18N2.C24H15NO.C19H13NO.C19H13NS/c1-3-11-21(12-4-1)31-27-18-10-8-16-25(27)29-28(31)20-19-24-23-15-7-9-17-26(23)32(30(24)29)22-13-5-2-6-14-22;1-26-22-13-7-5-11-18(22)20-16-25-21(15-24(20)26)19-12-6-8-14-23(19)27(25)17-9-3-2-4-10-17;1-2-8-16(9-3-1)25-20-12-6-4-10-17(20)18-14-15-22-23(24(18)25)19-11-5-7-13-21(19)26-22;2*1-20-16-8-4-2-6-12(16)14-11-19-15(10-17(14)20)13-7-3-5-9-18(13)21-19/h1-20H;2-16H,1H3;1-15H;2*2-11H,1H3. The number of furan rings is 2. The van der Waals surface area contributed by atoms with Gasteiger partial charge in [0.05, 0.1) is 49.5 Å². The largest absolute Gasteiger partial charge is 0.456 e. The molecule has 10 heteroatoms. The van der Waals surface area contributed by atoms with Gasteiger partial charge in [0.2, 0.25) is 0 Å². The fourth-order valence-electron chi connectivity index (χ4n) is 20.5.